The van der Waals surface area contributed by atoms with Gasteiger partial charge in [0.1, 0.15) is 17.3 Å². The molecule has 2 aliphatic rings. The van der Waals surface area contributed by atoms with Crippen LogP contribution in [-0.4, -0.2) is 27.1 Å². The molecule has 1 aliphatic carbocycles. The van der Waals surface area contributed by atoms with E-state index >= 15 is 0 Å². The van der Waals surface area contributed by atoms with Gasteiger partial charge in [-0.05, 0) is 73.6 Å². The molecule has 6 heteroatoms. The molecule has 3 heterocycles. The first-order valence-corrected chi connectivity index (χ1v) is 15.9. The molecule has 0 radical (unpaired) electrons. The van der Waals surface area contributed by atoms with Gasteiger partial charge >= 0.3 is 21.1 Å². The molecule has 1 saturated carbocycles. The summed E-state index contributed by atoms with van der Waals surface area (Å²) in [5.74, 6) is 3.13. The van der Waals surface area contributed by atoms with E-state index in [0.29, 0.717) is 23.3 Å². The summed E-state index contributed by atoms with van der Waals surface area (Å²) in [4.78, 5) is 9.86. The number of benzene rings is 3. The first kappa shape index (κ1) is 31.5. The van der Waals surface area contributed by atoms with Gasteiger partial charge in [0.25, 0.3) is 0 Å². The van der Waals surface area contributed by atoms with Crippen molar-refractivity contribution in [2.75, 3.05) is 0 Å². The van der Waals surface area contributed by atoms with Gasteiger partial charge in [-0.3, -0.25) is 4.99 Å². The van der Waals surface area contributed by atoms with E-state index in [1.54, 1.807) is 0 Å². The van der Waals surface area contributed by atoms with Crippen LogP contribution in [0.2, 0.25) is 0 Å². The number of ether oxygens (including phenoxy) is 2. The van der Waals surface area contributed by atoms with E-state index in [9.17, 15) is 0 Å². The Morgan fingerprint density at radius 1 is 0.978 bits per heavy atom. The summed E-state index contributed by atoms with van der Waals surface area (Å²) >= 11 is 0. The van der Waals surface area contributed by atoms with Crippen molar-refractivity contribution < 1.29 is 30.5 Å². The van der Waals surface area contributed by atoms with Crippen molar-refractivity contribution in [2.24, 2.45) is 4.99 Å². The number of aromatic nitrogens is 2. The van der Waals surface area contributed by atoms with Gasteiger partial charge in [0.15, 0.2) is 0 Å². The van der Waals surface area contributed by atoms with Crippen LogP contribution < -0.4 is 4.74 Å². The zero-order valence-electron chi connectivity index (χ0n) is 27.2. The molecule has 5 nitrogen and oxygen atoms in total. The maximum Gasteiger partial charge on any atom is 2.00 e. The van der Waals surface area contributed by atoms with Crippen LogP contribution in [0.25, 0.3) is 27.6 Å². The van der Waals surface area contributed by atoms with Gasteiger partial charge in [0.2, 0.25) is 0 Å². The first-order chi connectivity index (χ1) is 21.0. The molecule has 3 aromatic carbocycles. The van der Waals surface area contributed by atoms with Crippen LogP contribution in [0.1, 0.15) is 95.4 Å². The van der Waals surface area contributed by atoms with Crippen molar-refractivity contribution in [3.63, 3.8) is 0 Å². The molecule has 1 fully saturated rings. The average Bonchev–Trinajstić information content (AvgIpc) is 3.51. The second-order valence-electron chi connectivity index (χ2n) is 14.2. The van der Waals surface area contributed by atoms with E-state index in [2.05, 4.69) is 114 Å². The van der Waals surface area contributed by atoms with Gasteiger partial charge in [0.05, 0.1) is 6.04 Å². The largest absolute Gasteiger partial charge is 2.00 e. The van der Waals surface area contributed by atoms with Crippen molar-refractivity contribution in [2.45, 2.75) is 97.1 Å². The number of nitrogens with zero attached hydrogens (tertiary/aromatic N) is 3. The molecule has 2 atom stereocenters. The van der Waals surface area contributed by atoms with Crippen LogP contribution in [0.3, 0.4) is 0 Å². The third-order valence-corrected chi connectivity index (χ3v) is 9.34. The summed E-state index contributed by atoms with van der Waals surface area (Å²) in [6.07, 6.45) is 6.40. The summed E-state index contributed by atoms with van der Waals surface area (Å²) in [6.45, 7) is 15.4. The number of pyridine rings is 1. The van der Waals surface area contributed by atoms with Crippen molar-refractivity contribution in [1.82, 2.24) is 9.55 Å². The topological polar surface area (TPSA) is 48.6 Å². The Morgan fingerprint density at radius 2 is 1.80 bits per heavy atom. The second kappa shape index (κ2) is 11.7. The van der Waals surface area contributed by atoms with E-state index in [-0.39, 0.29) is 38.1 Å². The van der Waals surface area contributed by atoms with Crippen LogP contribution in [0, 0.1) is 19.1 Å². The van der Waals surface area contributed by atoms with Gasteiger partial charge in [-0.25, -0.2) is 4.98 Å². The standard InChI is InChI=1S/C39H41N3O2.Pt/c1-24(2)26-19-27(37-41-35-10-8-9-16-39(35,7)44-37)21-30(20-26)43-29-12-13-31-32-18-25(3)11-14-33(32)42(34(31)23-29)36-22-28(15-17-40-36)38(4,5)6;/h11-15,17-20,22,24,35H,8-10,16H2,1-7H3;/q-2;+2/t35-,39+;/m1./s1. The first-order valence-electron chi connectivity index (χ1n) is 15.9. The van der Waals surface area contributed by atoms with Gasteiger partial charge in [-0.15, -0.1) is 29.1 Å². The Bertz CT molecular complexity index is 1930. The minimum Gasteiger partial charge on any atom is -0.512 e. The van der Waals surface area contributed by atoms with Crippen molar-refractivity contribution >= 4 is 27.7 Å². The molecule has 1 aliphatic heterocycles. The third kappa shape index (κ3) is 5.85. The van der Waals surface area contributed by atoms with Crippen LogP contribution in [0.5, 0.6) is 11.5 Å². The fourth-order valence-corrected chi connectivity index (χ4v) is 6.65. The molecule has 7 rings (SSSR count). The monoisotopic (exact) mass is 778 g/mol. The fourth-order valence-electron chi connectivity index (χ4n) is 6.65. The predicted octanol–water partition coefficient (Wildman–Crippen LogP) is 9.78. The van der Waals surface area contributed by atoms with Gasteiger partial charge in [-0.1, -0.05) is 81.9 Å². The molecule has 2 aromatic heterocycles. The summed E-state index contributed by atoms with van der Waals surface area (Å²) in [5.41, 5.74) is 6.27. The number of aryl methyl sites for hydroxylation is 1. The van der Waals surface area contributed by atoms with Crippen LogP contribution in [0.15, 0.2) is 65.8 Å². The molecule has 0 unspecified atom stereocenters. The summed E-state index contributed by atoms with van der Waals surface area (Å²) < 4.78 is 15.3. The number of hydrogen-bond donors (Lipinski definition) is 0. The Morgan fingerprint density at radius 3 is 2.56 bits per heavy atom. The molecule has 0 bridgehead atoms. The molecule has 0 spiro atoms. The molecule has 5 aromatic rings. The third-order valence-electron chi connectivity index (χ3n) is 9.34. The maximum atomic E-state index is 6.55. The minimum absolute atomic E-state index is 0. The average molecular weight is 779 g/mol. The maximum absolute atomic E-state index is 6.55. The van der Waals surface area contributed by atoms with Gasteiger partial charge in [-0.2, -0.15) is 6.07 Å². The number of fused-ring (bicyclic) bond motifs is 4. The molecular weight excluding hydrogens is 738 g/mol. The summed E-state index contributed by atoms with van der Waals surface area (Å²) in [5, 5.41) is 2.29. The second-order valence-corrected chi connectivity index (χ2v) is 14.2. The summed E-state index contributed by atoms with van der Waals surface area (Å²) in [7, 11) is 0. The Hall–Kier alpha value is -3.43. The Balaban J connectivity index is 0.00000357. The molecule has 45 heavy (non-hydrogen) atoms. The molecule has 234 valence electrons. The van der Waals surface area contributed by atoms with E-state index in [4.69, 9.17) is 19.5 Å². The van der Waals surface area contributed by atoms with Crippen molar-refractivity contribution in [1.29, 1.82) is 0 Å². The normalized spacial score (nSPS) is 19.7. The van der Waals surface area contributed by atoms with E-state index in [1.165, 1.54) is 29.4 Å². The van der Waals surface area contributed by atoms with E-state index < -0.39 is 0 Å². The predicted molar refractivity (Wildman–Crippen MR) is 179 cm³/mol. The molecule has 0 amide bonds. The number of aliphatic imine (C=N–C) groups is 1. The number of rotatable bonds is 5. The molecule has 0 saturated heterocycles. The molecule has 0 N–H and O–H groups in total. The quantitative estimate of drug-likeness (QED) is 0.167. The number of hydrogen-bond acceptors (Lipinski definition) is 4. The SMILES string of the molecule is Cc1ccc2c(c1)c1ccc(Oc3[c-]c(C4=N[C@@H]5CCCC[C@]5(C)O4)cc(C(C)C)c3)[c-]c1n2-c1cc(C(C)(C)C)ccn1.[Pt+2]. The smallest absolute Gasteiger partial charge is 0.512 e. The van der Waals surface area contributed by atoms with Crippen LogP contribution in [-0.2, 0) is 31.2 Å². The van der Waals surface area contributed by atoms with Crippen LogP contribution >= 0.6 is 0 Å². The zero-order chi connectivity index (χ0) is 30.8. The van der Waals surface area contributed by atoms with Gasteiger partial charge in [0, 0.05) is 23.2 Å². The van der Waals surface area contributed by atoms with E-state index in [1.807, 2.05) is 12.3 Å². The van der Waals surface area contributed by atoms with Crippen molar-refractivity contribution in [3.8, 4) is 17.3 Å². The van der Waals surface area contributed by atoms with E-state index in [0.717, 1.165) is 46.2 Å². The Labute approximate surface area is 281 Å². The zero-order valence-corrected chi connectivity index (χ0v) is 29.5. The minimum atomic E-state index is -0.223. The van der Waals surface area contributed by atoms with Crippen LogP contribution in [0.4, 0.5) is 0 Å². The Kier molecular flexibility index (Phi) is 8.23. The summed E-state index contributed by atoms with van der Waals surface area (Å²) in [6, 6.07) is 26.5. The van der Waals surface area contributed by atoms with Gasteiger partial charge < -0.3 is 14.0 Å². The van der Waals surface area contributed by atoms with Crippen molar-refractivity contribution in [3.05, 3.63) is 95.2 Å². The fraction of sp³-hybridized carbons (Fsp3) is 0.385. The molecular formula is C39H41N3O2Pt.